The Bertz CT molecular complexity index is 1070. The molecule has 0 spiro atoms. The van der Waals surface area contributed by atoms with Crippen LogP contribution in [0.2, 0.25) is 0 Å². The fourth-order valence-electron chi connectivity index (χ4n) is 3.06. The van der Waals surface area contributed by atoms with E-state index in [0.717, 1.165) is 29.5 Å². The van der Waals surface area contributed by atoms with E-state index in [1.807, 2.05) is 6.07 Å². The van der Waals surface area contributed by atoms with E-state index in [2.05, 4.69) is 23.2 Å². The van der Waals surface area contributed by atoms with Gasteiger partial charge in [-0.2, -0.15) is 5.26 Å². The van der Waals surface area contributed by atoms with E-state index in [0.29, 0.717) is 21.9 Å². The third kappa shape index (κ3) is 3.59. The number of rotatable bonds is 4. The van der Waals surface area contributed by atoms with Crippen molar-refractivity contribution in [2.75, 3.05) is 0 Å². The van der Waals surface area contributed by atoms with Crippen molar-refractivity contribution in [2.45, 2.75) is 36.3 Å². The maximum Gasteiger partial charge on any atom is 0.281 e. The van der Waals surface area contributed by atoms with Crippen molar-refractivity contribution in [1.29, 1.82) is 5.26 Å². The summed E-state index contributed by atoms with van der Waals surface area (Å²) in [6.07, 6.45) is 3.37. The maximum absolute atomic E-state index is 10.9. The van der Waals surface area contributed by atoms with Gasteiger partial charge in [-0.15, -0.1) is 21.5 Å². The Balaban J connectivity index is 1.57. The number of nitrogens with zero attached hydrogens (tertiary/aromatic N) is 4. The predicted octanol–water partition coefficient (Wildman–Crippen LogP) is 4.85. The predicted molar refractivity (Wildman–Crippen MR) is 101 cm³/mol. The molecule has 0 unspecified atom stereocenters. The number of nitro benzene ring substituents is 1. The molecule has 0 saturated carbocycles. The van der Waals surface area contributed by atoms with Gasteiger partial charge < -0.3 is 4.42 Å². The van der Waals surface area contributed by atoms with Crippen LogP contribution in [0.4, 0.5) is 5.69 Å². The normalized spacial score (nSPS) is 15.9. The molecule has 0 bridgehead atoms. The van der Waals surface area contributed by atoms with Gasteiger partial charge in [-0.1, -0.05) is 6.92 Å². The van der Waals surface area contributed by atoms with Crippen molar-refractivity contribution in [2.24, 2.45) is 5.92 Å². The standard InChI is InChI=1S/C18H14N4O3S2/c1-10-2-4-14-11(6-10)8-16(26-14)17-20-21-18(25-17)27-15-5-3-13(22(23)24)7-12(15)9-19/h3,5,7-8,10H,2,4,6H2,1H3/t10-/m0/s1. The Morgan fingerprint density at radius 2 is 2.26 bits per heavy atom. The van der Waals surface area contributed by atoms with E-state index < -0.39 is 4.92 Å². The van der Waals surface area contributed by atoms with Crippen LogP contribution in [-0.4, -0.2) is 15.1 Å². The Morgan fingerprint density at radius 3 is 3.04 bits per heavy atom. The van der Waals surface area contributed by atoms with Gasteiger partial charge in [0, 0.05) is 21.9 Å². The van der Waals surface area contributed by atoms with Crippen molar-refractivity contribution in [1.82, 2.24) is 10.2 Å². The molecule has 1 aromatic carbocycles. The fraction of sp³-hybridized carbons (Fsp3) is 0.278. The number of nitro groups is 1. The molecule has 136 valence electrons. The molecule has 7 nitrogen and oxygen atoms in total. The van der Waals surface area contributed by atoms with Crippen LogP contribution >= 0.6 is 23.1 Å². The Kier molecular flexibility index (Phi) is 4.68. The summed E-state index contributed by atoms with van der Waals surface area (Å²) < 4.78 is 5.76. The van der Waals surface area contributed by atoms with Gasteiger partial charge in [0.05, 0.1) is 15.4 Å². The van der Waals surface area contributed by atoms with Crippen LogP contribution in [0.1, 0.15) is 29.3 Å². The van der Waals surface area contributed by atoms with Crippen molar-refractivity contribution < 1.29 is 9.34 Å². The van der Waals surface area contributed by atoms with Crippen LogP contribution in [0.25, 0.3) is 10.8 Å². The first-order chi connectivity index (χ1) is 13.0. The zero-order valence-electron chi connectivity index (χ0n) is 14.3. The molecule has 9 heteroatoms. The van der Waals surface area contributed by atoms with Crippen molar-refractivity contribution in [3.05, 3.63) is 50.4 Å². The lowest BCUT2D eigenvalue weighted by atomic mass is 9.90. The van der Waals surface area contributed by atoms with Crippen molar-refractivity contribution >= 4 is 28.8 Å². The zero-order chi connectivity index (χ0) is 19.0. The number of fused-ring (bicyclic) bond motifs is 1. The van der Waals surface area contributed by atoms with E-state index in [9.17, 15) is 15.4 Å². The molecule has 4 rings (SSSR count). The first-order valence-corrected chi connectivity index (χ1v) is 9.98. The molecule has 0 aliphatic heterocycles. The van der Waals surface area contributed by atoms with Crippen LogP contribution < -0.4 is 0 Å². The zero-order valence-corrected chi connectivity index (χ0v) is 16.0. The van der Waals surface area contributed by atoms with Crippen molar-refractivity contribution in [3.63, 3.8) is 0 Å². The van der Waals surface area contributed by atoms with Gasteiger partial charge in [-0.05, 0) is 54.6 Å². The van der Waals surface area contributed by atoms with Gasteiger partial charge in [0.15, 0.2) is 0 Å². The molecule has 1 atom stereocenters. The van der Waals surface area contributed by atoms with Crippen LogP contribution in [-0.2, 0) is 12.8 Å². The summed E-state index contributed by atoms with van der Waals surface area (Å²) in [5, 5.41) is 28.6. The molecule has 3 aromatic rings. The SMILES string of the molecule is C[C@H]1CCc2sc(-c3nnc(Sc4ccc([N+](=O)[O-])cc4C#N)o3)cc2C1. The second-order valence-electron chi connectivity index (χ2n) is 6.43. The number of hydrogen-bond acceptors (Lipinski definition) is 8. The van der Waals surface area contributed by atoms with Crippen molar-refractivity contribution in [3.8, 4) is 16.8 Å². The maximum atomic E-state index is 10.9. The molecule has 0 fully saturated rings. The number of nitriles is 1. The molecule has 1 aliphatic rings. The Hall–Kier alpha value is -2.70. The van der Waals surface area contributed by atoms with Crippen LogP contribution in [0.15, 0.2) is 38.8 Å². The molecule has 1 aliphatic carbocycles. The first-order valence-electron chi connectivity index (χ1n) is 8.35. The molecule has 2 aromatic heterocycles. The van der Waals surface area contributed by atoms with E-state index >= 15 is 0 Å². The molecule has 0 saturated heterocycles. The van der Waals surface area contributed by atoms with Gasteiger partial charge in [0.1, 0.15) is 6.07 Å². The minimum absolute atomic E-state index is 0.125. The highest BCUT2D eigenvalue weighted by Gasteiger charge is 2.21. The van der Waals surface area contributed by atoms with E-state index in [1.54, 1.807) is 11.3 Å². The molecule has 2 heterocycles. The third-order valence-corrected chi connectivity index (χ3v) is 6.58. The number of hydrogen-bond donors (Lipinski definition) is 0. The first kappa shape index (κ1) is 17.7. The van der Waals surface area contributed by atoms with Crippen LogP contribution in [0.5, 0.6) is 0 Å². The van der Waals surface area contributed by atoms with Gasteiger partial charge in [0.25, 0.3) is 16.8 Å². The monoisotopic (exact) mass is 398 g/mol. The van der Waals surface area contributed by atoms with Crippen LogP contribution in [0.3, 0.4) is 0 Å². The largest absolute Gasteiger partial charge is 0.410 e. The number of non-ortho nitro benzene ring substituents is 1. The number of thiophene rings is 1. The van der Waals surface area contributed by atoms with E-state index in [1.165, 1.54) is 35.1 Å². The van der Waals surface area contributed by atoms with Gasteiger partial charge in [-0.3, -0.25) is 10.1 Å². The quantitative estimate of drug-likeness (QED) is 0.456. The summed E-state index contributed by atoms with van der Waals surface area (Å²) in [6, 6.07) is 8.23. The second kappa shape index (κ2) is 7.13. The summed E-state index contributed by atoms with van der Waals surface area (Å²) >= 11 is 2.82. The molecule has 0 radical (unpaired) electrons. The molecule has 0 amide bonds. The number of aryl methyl sites for hydroxylation is 1. The summed E-state index contributed by atoms with van der Waals surface area (Å²) in [5.74, 6) is 1.16. The topological polar surface area (TPSA) is 106 Å². The highest BCUT2D eigenvalue weighted by atomic mass is 32.2. The molecule has 0 N–H and O–H groups in total. The Labute approximate surface area is 163 Å². The smallest absolute Gasteiger partial charge is 0.281 e. The van der Waals surface area contributed by atoms with Gasteiger partial charge >= 0.3 is 0 Å². The number of aromatic nitrogens is 2. The van der Waals surface area contributed by atoms with Crippen LogP contribution in [0, 0.1) is 27.4 Å². The van der Waals surface area contributed by atoms with E-state index in [4.69, 9.17) is 4.42 Å². The average molecular weight is 398 g/mol. The lowest BCUT2D eigenvalue weighted by molar-refractivity contribution is -0.384. The second-order valence-corrected chi connectivity index (χ2v) is 8.56. The molecular weight excluding hydrogens is 384 g/mol. The highest BCUT2D eigenvalue weighted by molar-refractivity contribution is 7.99. The summed E-state index contributed by atoms with van der Waals surface area (Å²) in [4.78, 5) is 13.2. The van der Waals surface area contributed by atoms with E-state index in [-0.39, 0.29) is 11.3 Å². The lowest BCUT2D eigenvalue weighted by Gasteiger charge is -2.16. The summed E-state index contributed by atoms with van der Waals surface area (Å²) in [5.41, 5.74) is 1.44. The highest BCUT2D eigenvalue weighted by Crippen LogP contribution is 2.38. The Morgan fingerprint density at radius 1 is 1.41 bits per heavy atom. The molecular formula is C18H14N4O3S2. The third-order valence-electron chi connectivity index (χ3n) is 4.44. The van der Waals surface area contributed by atoms with Gasteiger partial charge in [0.2, 0.25) is 0 Å². The summed E-state index contributed by atoms with van der Waals surface area (Å²) in [7, 11) is 0. The minimum atomic E-state index is -0.528. The number of benzene rings is 1. The average Bonchev–Trinajstić information content (AvgIpc) is 3.28. The fourth-order valence-corrected chi connectivity index (χ4v) is 4.93. The minimum Gasteiger partial charge on any atom is -0.410 e. The lowest BCUT2D eigenvalue weighted by Crippen LogP contribution is -2.07. The summed E-state index contributed by atoms with van der Waals surface area (Å²) in [6.45, 7) is 2.26. The van der Waals surface area contributed by atoms with Gasteiger partial charge in [-0.25, -0.2) is 0 Å². The molecule has 27 heavy (non-hydrogen) atoms.